The number of hydrazone groups is 1. The summed E-state index contributed by atoms with van der Waals surface area (Å²) in [7, 11) is 0. The van der Waals surface area contributed by atoms with Crippen molar-refractivity contribution in [3.8, 4) is 0 Å². The Morgan fingerprint density at radius 2 is 2.45 bits per heavy atom. The van der Waals surface area contributed by atoms with E-state index in [0.29, 0.717) is 11.3 Å². The van der Waals surface area contributed by atoms with E-state index in [2.05, 4.69) is 31.0 Å². The SMILES string of the molecule is C=CC1C=NNCC(C)(C)C1. The van der Waals surface area contributed by atoms with Crippen LogP contribution in [0, 0.1) is 11.3 Å². The third-order valence-electron chi connectivity index (χ3n) is 2.01. The van der Waals surface area contributed by atoms with Crippen molar-refractivity contribution in [1.82, 2.24) is 5.43 Å². The van der Waals surface area contributed by atoms with Gasteiger partial charge in [0.25, 0.3) is 0 Å². The number of hydrogen-bond acceptors (Lipinski definition) is 2. The maximum absolute atomic E-state index is 4.07. The highest BCUT2D eigenvalue weighted by Gasteiger charge is 2.22. The van der Waals surface area contributed by atoms with Crippen LogP contribution in [0.5, 0.6) is 0 Å². The van der Waals surface area contributed by atoms with Crippen molar-refractivity contribution in [3.63, 3.8) is 0 Å². The molecule has 11 heavy (non-hydrogen) atoms. The molecule has 0 saturated heterocycles. The lowest BCUT2D eigenvalue weighted by atomic mass is 9.83. The van der Waals surface area contributed by atoms with Gasteiger partial charge in [-0.1, -0.05) is 19.9 Å². The highest BCUT2D eigenvalue weighted by molar-refractivity contribution is 5.63. The van der Waals surface area contributed by atoms with E-state index in [9.17, 15) is 0 Å². The normalized spacial score (nSPS) is 28.7. The van der Waals surface area contributed by atoms with Crippen LogP contribution in [0.4, 0.5) is 0 Å². The van der Waals surface area contributed by atoms with E-state index in [1.165, 1.54) is 0 Å². The van der Waals surface area contributed by atoms with Gasteiger partial charge < -0.3 is 5.43 Å². The third-order valence-corrected chi connectivity index (χ3v) is 2.01. The molecular weight excluding hydrogens is 136 g/mol. The van der Waals surface area contributed by atoms with Gasteiger partial charge in [-0.3, -0.25) is 0 Å². The molecule has 1 atom stereocenters. The molecule has 1 N–H and O–H groups in total. The van der Waals surface area contributed by atoms with Gasteiger partial charge in [0.1, 0.15) is 0 Å². The van der Waals surface area contributed by atoms with Crippen LogP contribution < -0.4 is 5.43 Å². The van der Waals surface area contributed by atoms with E-state index in [0.717, 1.165) is 13.0 Å². The van der Waals surface area contributed by atoms with Gasteiger partial charge in [-0.05, 0) is 11.8 Å². The van der Waals surface area contributed by atoms with Crippen LogP contribution in [0.1, 0.15) is 20.3 Å². The van der Waals surface area contributed by atoms with E-state index < -0.39 is 0 Å². The number of nitrogens with zero attached hydrogens (tertiary/aromatic N) is 1. The summed E-state index contributed by atoms with van der Waals surface area (Å²) in [5.74, 6) is 0.431. The lowest BCUT2D eigenvalue weighted by Gasteiger charge is -2.23. The molecule has 0 saturated carbocycles. The minimum Gasteiger partial charge on any atom is -0.310 e. The monoisotopic (exact) mass is 152 g/mol. The molecule has 0 radical (unpaired) electrons. The Morgan fingerprint density at radius 1 is 1.73 bits per heavy atom. The van der Waals surface area contributed by atoms with Crippen LogP contribution in [0.2, 0.25) is 0 Å². The van der Waals surface area contributed by atoms with Crippen LogP contribution in [0.3, 0.4) is 0 Å². The standard InChI is InChI=1S/C9H16N2/c1-4-8-5-9(2,3)7-11-10-6-8/h4,6,8,11H,1,5,7H2,2-3H3. The Labute approximate surface area is 68.4 Å². The van der Waals surface area contributed by atoms with Gasteiger partial charge in [0, 0.05) is 18.7 Å². The Hall–Kier alpha value is -0.790. The van der Waals surface area contributed by atoms with Gasteiger partial charge >= 0.3 is 0 Å². The zero-order valence-electron chi connectivity index (χ0n) is 7.30. The van der Waals surface area contributed by atoms with E-state index in [1.807, 2.05) is 12.3 Å². The fourth-order valence-corrected chi connectivity index (χ4v) is 1.32. The summed E-state index contributed by atoms with van der Waals surface area (Å²) in [5, 5.41) is 4.07. The molecule has 1 rings (SSSR count). The first-order valence-electron chi connectivity index (χ1n) is 4.03. The van der Waals surface area contributed by atoms with E-state index >= 15 is 0 Å². The molecule has 0 amide bonds. The fourth-order valence-electron chi connectivity index (χ4n) is 1.32. The first-order chi connectivity index (χ1) is 5.14. The summed E-state index contributed by atoms with van der Waals surface area (Å²) in [6.45, 7) is 9.21. The van der Waals surface area contributed by atoms with Crippen molar-refractivity contribution in [2.24, 2.45) is 16.4 Å². The Bertz CT molecular complexity index is 170. The van der Waals surface area contributed by atoms with Crippen molar-refractivity contribution in [1.29, 1.82) is 0 Å². The summed E-state index contributed by atoms with van der Waals surface area (Å²) in [6, 6.07) is 0. The molecular formula is C9H16N2. The van der Waals surface area contributed by atoms with Gasteiger partial charge in [0.15, 0.2) is 0 Å². The molecule has 0 aromatic heterocycles. The largest absolute Gasteiger partial charge is 0.310 e. The quantitative estimate of drug-likeness (QED) is 0.569. The average molecular weight is 152 g/mol. The Balaban J connectivity index is 2.63. The first-order valence-corrected chi connectivity index (χ1v) is 4.03. The predicted octanol–water partition coefficient (Wildman–Crippen LogP) is 1.79. The molecule has 0 aromatic carbocycles. The summed E-state index contributed by atoms with van der Waals surface area (Å²) in [6.07, 6.45) is 5.02. The van der Waals surface area contributed by atoms with Gasteiger partial charge in [-0.25, -0.2) is 0 Å². The van der Waals surface area contributed by atoms with Gasteiger partial charge in [-0.15, -0.1) is 6.58 Å². The minimum atomic E-state index is 0.329. The minimum absolute atomic E-state index is 0.329. The van der Waals surface area contributed by atoms with Crippen LogP contribution in [-0.2, 0) is 0 Å². The highest BCUT2D eigenvalue weighted by atomic mass is 15.3. The summed E-state index contributed by atoms with van der Waals surface area (Å²) in [5.41, 5.74) is 3.35. The molecule has 1 heterocycles. The Kier molecular flexibility index (Phi) is 2.32. The molecule has 2 heteroatoms. The molecule has 1 aliphatic heterocycles. The molecule has 0 fully saturated rings. The zero-order valence-corrected chi connectivity index (χ0v) is 7.30. The van der Waals surface area contributed by atoms with Crippen molar-refractivity contribution in [3.05, 3.63) is 12.7 Å². The second kappa shape index (κ2) is 3.07. The molecule has 0 aromatic rings. The van der Waals surface area contributed by atoms with E-state index in [-0.39, 0.29) is 0 Å². The molecule has 1 aliphatic rings. The summed E-state index contributed by atoms with van der Waals surface area (Å²) >= 11 is 0. The number of allylic oxidation sites excluding steroid dienone is 1. The third kappa shape index (κ3) is 2.37. The number of rotatable bonds is 1. The molecule has 0 spiro atoms. The smallest absolute Gasteiger partial charge is 0.0381 e. The molecule has 0 bridgehead atoms. The zero-order chi connectivity index (χ0) is 8.32. The lowest BCUT2D eigenvalue weighted by Crippen LogP contribution is -2.25. The van der Waals surface area contributed by atoms with Crippen LogP contribution in [0.15, 0.2) is 17.8 Å². The van der Waals surface area contributed by atoms with Crippen molar-refractivity contribution in [2.75, 3.05) is 6.54 Å². The van der Waals surface area contributed by atoms with Crippen LogP contribution in [0.25, 0.3) is 0 Å². The molecule has 2 nitrogen and oxygen atoms in total. The molecule has 1 unspecified atom stereocenters. The van der Waals surface area contributed by atoms with Crippen molar-refractivity contribution < 1.29 is 0 Å². The van der Waals surface area contributed by atoms with Crippen molar-refractivity contribution in [2.45, 2.75) is 20.3 Å². The molecule has 0 aliphatic carbocycles. The second-order valence-corrected chi connectivity index (χ2v) is 3.88. The maximum Gasteiger partial charge on any atom is 0.0381 e. The number of hydrogen-bond donors (Lipinski definition) is 1. The predicted molar refractivity (Wildman–Crippen MR) is 48.6 cm³/mol. The van der Waals surface area contributed by atoms with Gasteiger partial charge in [0.05, 0.1) is 0 Å². The summed E-state index contributed by atoms with van der Waals surface area (Å²) in [4.78, 5) is 0. The van der Waals surface area contributed by atoms with Gasteiger partial charge in [0.2, 0.25) is 0 Å². The first kappa shape index (κ1) is 8.31. The highest BCUT2D eigenvalue weighted by Crippen LogP contribution is 2.25. The topological polar surface area (TPSA) is 24.4 Å². The average Bonchev–Trinajstić information content (AvgIpc) is 2.10. The van der Waals surface area contributed by atoms with E-state index in [4.69, 9.17) is 0 Å². The summed E-state index contributed by atoms with van der Waals surface area (Å²) < 4.78 is 0. The molecule has 62 valence electrons. The maximum atomic E-state index is 4.07. The number of nitrogens with one attached hydrogen (secondary N) is 1. The van der Waals surface area contributed by atoms with Crippen molar-refractivity contribution >= 4 is 6.21 Å². The Morgan fingerprint density at radius 3 is 3.09 bits per heavy atom. The fraction of sp³-hybridized carbons (Fsp3) is 0.667. The van der Waals surface area contributed by atoms with Crippen LogP contribution in [-0.4, -0.2) is 12.8 Å². The van der Waals surface area contributed by atoms with Crippen LogP contribution >= 0.6 is 0 Å². The second-order valence-electron chi connectivity index (χ2n) is 3.88. The van der Waals surface area contributed by atoms with E-state index in [1.54, 1.807) is 0 Å². The van der Waals surface area contributed by atoms with Gasteiger partial charge in [-0.2, -0.15) is 5.10 Å². The lowest BCUT2D eigenvalue weighted by molar-refractivity contribution is 0.315.